The van der Waals surface area contributed by atoms with Gasteiger partial charge >= 0.3 is 0 Å². The maximum absolute atomic E-state index is 14.0. The number of halogens is 1. The lowest BCUT2D eigenvalue weighted by Gasteiger charge is -2.46. The molecule has 0 aliphatic carbocycles. The predicted molar refractivity (Wildman–Crippen MR) is 153 cm³/mol. The minimum Gasteiger partial charge on any atom is -0.378 e. The van der Waals surface area contributed by atoms with E-state index in [-0.39, 0.29) is 29.1 Å². The Morgan fingerprint density at radius 1 is 1.18 bits per heavy atom. The SMILES string of the molecule is CC(c1cccc(F)c1)c1cnc2c(c1)N(C(=O)CN1C[C@@H](C)NC[C@@H]1CN1[C@H](C)COC[C@H]1C)CC2(C)C. The molecule has 1 unspecified atom stereocenters. The third-order valence-corrected chi connectivity index (χ3v) is 8.86. The lowest BCUT2D eigenvalue weighted by Crippen LogP contribution is -2.63. The number of hydrogen-bond acceptors (Lipinski definition) is 6. The molecule has 1 N–H and O–H groups in total. The first-order valence-corrected chi connectivity index (χ1v) is 14.4. The summed E-state index contributed by atoms with van der Waals surface area (Å²) in [5.41, 5.74) is 3.49. The van der Waals surface area contributed by atoms with Gasteiger partial charge in [0.05, 0.1) is 31.1 Å². The zero-order chi connectivity index (χ0) is 27.9. The summed E-state index contributed by atoms with van der Waals surface area (Å²) < 4.78 is 19.7. The second-order valence-electron chi connectivity index (χ2n) is 12.6. The van der Waals surface area contributed by atoms with Gasteiger partial charge in [-0.1, -0.05) is 32.9 Å². The number of rotatable bonds is 6. The fourth-order valence-electron chi connectivity index (χ4n) is 6.48. The lowest BCUT2D eigenvalue weighted by atomic mass is 9.89. The normalized spacial score (nSPS) is 28.3. The van der Waals surface area contributed by atoms with Crippen molar-refractivity contribution in [3.05, 3.63) is 59.2 Å². The molecule has 0 radical (unpaired) electrons. The maximum Gasteiger partial charge on any atom is 0.241 e. The van der Waals surface area contributed by atoms with Gasteiger partial charge in [-0.15, -0.1) is 0 Å². The molecular formula is C31H44FN5O2. The molecule has 5 atom stereocenters. The number of amides is 1. The standard InChI is InChI=1S/C31H44FN5O2/c1-20-14-35(27(13-33-20)15-36-21(2)17-39-18-22(36)3)16-29(38)37-19-31(5,6)30-28(37)11-25(12-34-30)23(4)24-8-7-9-26(32)10-24/h7-12,20-23,27,33H,13-19H2,1-6H3/t20-,21-,22-,23?,27-/m1/s1. The molecule has 1 aromatic carbocycles. The van der Waals surface area contributed by atoms with Crippen molar-refractivity contribution < 1.29 is 13.9 Å². The second-order valence-corrected chi connectivity index (χ2v) is 12.6. The van der Waals surface area contributed by atoms with Crippen LogP contribution in [-0.4, -0.2) is 90.8 Å². The summed E-state index contributed by atoms with van der Waals surface area (Å²) in [5, 5.41) is 3.63. The molecule has 8 heteroatoms. The van der Waals surface area contributed by atoms with Gasteiger partial charge < -0.3 is 15.0 Å². The fraction of sp³-hybridized carbons (Fsp3) is 0.613. The van der Waals surface area contributed by atoms with Crippen molar-refractivity contribution in [3.63, 3.8) is 0 Å². The first-order chi connectivity index (χ1) is 18.5. The number of carbonyl (C=O) groups excluding carboxylic acids is 1. The molecule has 0 bridgehead atoms. The van der Waals surface area contributed by atoms with Crippen LogP contribution >= 0.6 is 0 Å². The lowest BCUT2D eigenvalue weighted by molar-refractivity contribution is -0.121. The number of pyridine rings is 1. The third-order valence-electron chi connectivity index (χ3n) is 8.86. The van der Waals surface area contributed by atoms with Gasteiger partial charge in [0.1, 0.15) is 5.82 Å². The molecule has 7 nitrogen and oxygen atoms in total. The smallest absolute Gasteiger partial charge is 0.241 e. The molecule has 2 fully saturated rings. The summed E-state index contributed by atoms with van der Waals surface area (Å²) in [6.45, 7) is 18.1. The maximum atomic E-state index is 14.0. The number of morpholine rings is 1. The van der Waals surface area contributed by atoms with Crippen LogP contribution in [-0.2, 0) is 14.9 Å². The molecule has 3 aliphatic heterocycles. The molecule has 1 amide bonds. The first-order valence-electron chi connectivity index (χ1n) is 14.4. The van der Waals surface area contributed by atoms with E-state index in [1.807, 2.05) is 17.2 Å². The zero-order valence-corrected chi connectivity index (χ0v) is 24.3. The molecule has 212 valence electrons. The quantitative estimate of drug-likeness (QED) is 0.606. The molecular weight excluding hydrogens is 493 g/mol. The van der Waals surface area contributed by atoms with Crippen molar-refractivity contribution in [2.24, 2.45) is 0 Å². The van der Waals surface area contributed by atoms with Crippen LogP contribution < -0.4 is 10.2 Å². The van der Waals surface area contributed by atoms with Crippen molar-refractivity contribution in [1.29, 1.82) is 0 Å². The van der Waals surface area contributed by atoms with Gasteiger partial charge in [-0.05, 0) is 50.1 Å². The van der Waals surface area contributed by atoms with E-state index < -0.39 is 0 Å². The van der Waals surface area contributed by atoms with Gasteiger partial charge in [-0.2, -0.15) is 0 Å². The molecule has 2 saturated heterocycles. The number of carbonyl (C=O) groups is 1. The number of nitrogens with one attached hydrogen (secondary N) is 1. The summed E-state index contributed by atoms with van der Waals surface area (Å²) in [6, 6.07) is 10.1. The highest BCUT2D eigenvalue weighted by Gasteiger charge is 2.41. The van der Waals surface area contributed by atoms with Crippen molar-refractivity contribution >= 4 is 11.6 Å². The first kappa shape index (κ1) is 28.1. The van der Waals surface area contributed by atoms with E-state index in [2.05, 4.69) is 62.7 Å². The highest BCUT2D eigenvalue weighted by molar-refractivity contribution is 5.97. The average molecular weight is 538 g/mol. The number of anilines is 1. The molecule has 39 heavy (non-hydrogen) atoms. The van der Waals surface area contributed by atoms with Crippen LogP contribution in [0.1, 0.15) is 64.3 Å². The monoisotopic (exact) mass is 537 g/mol. The van der Waals surface area contributed by atoms with Gasteiger partial charge in [0.25, 0.3) is 0 Å². The van der Waals surface area contributed by atoms with Gasteiger partial charge in [-0.25, -0.2) is 4.39 Å². The minimum absolute atomic E-state index is 0.0323. The van der Waals surface area contributed by atoms with Crippen LogP contribution in [0.25, 0.3) is 0 Å². The molecule has 0 saturated carbocycles. The van der Waals surface area contributed by atoms with Crippen LogP contribution in [0.3, 0.4) is 0 Å². The van der Waals surface area contributed by atoms with Crippen LogP contribution in [0.15, 0.2) is 36.5 Å². The van der Waals surface area contributed by atoms with Crippen molar-refractivity contribution in [1.82, 2.24) is 20.1 Å². The number of fused-ring (bicyclic) bond motifs is 1. The Morgan fingerprint density at radius 3 is 2.64 bits per heavy atom. The Morgan fingerprint density at radius 2 is 1.92 bits per heavy atom. The van der Waals surface area contributed by atoms with E-state index in [9.17, 15) is 9.18 Å². The van der Waals surface area contributed by atoms with Gasteiger partial charge in [0.15, 0.2) is 0 Å². The van der Waals surface area contributed by atoms with Crippen LogP contribution in [0.2, 0.25) is 0 Å². The highest BCUT2D eigenvalue weighted by atomic mass is 19.1. The summed E-state index contributed by atoms with van der Waals surface area (Å²) >= 11 is 0. The van der Waals surface area contributed by atoms with Crippen LogP contribution in [0, 0.1) is 5.82 Å². The van der Waals surface area contributed by atoms with E-state index >= 15 is 0 Å². The summed E-state index contributed by atoms with van der Waals surface area (Å²) in [5.74, 6) is -0.163. The number of hydrogen-bond donors (Lipinski definition) is 1. The summed E-state index contributed by atoms with van der Waals surface area (Å²) in [6.07, 6.45) is 1.89. The molecule has 5 rings (SSSR count). The predicted octanol–water partition coefficient (Wildman–Crippen LogP) is 3.77. The van der Waals surface area contributed by atoms with E-state index in [0.29, 0.717) is 31.2 Å². The number of piperazine rings is 1. The number of nitrogens with zero attached hydrogens (tertiary/aromatic N) is 4. The Hall–Kier alpha value is -2.39. The van der Waals surface area contributed by atoms with Crippen LogP contribution in [0.5, 0.6) is 0 Å². The van der Waals surface area contributed by atoms with E-state index in [1.165, 1.54) is 6.07 Å². The van der Waals surface area contributed by atoms with Crippen molar-refractivity contribution in [2.45, 2.75) is 77.0 Å². The topological polar surface area (TPSA) is 60.9 Å². The molecule has 3 aliphatic rings. The second kappa shape index (κ2) is 11.2. The van der Waals surface area contributed by atoms with Gasteiger partial charge in [-0.3, -0.25) is 19.6 Å². The van der Waals surface area contributed by atoms with Crippen LogP contribution in [0.4, 0.5) is 10.1 Å². The minimum atomic E-state index is -0.243. The highest BCUT2D eigenvalue weighted by Crippen LogP contribution is 2.41. The Labute approximate surface area is 232 Å². The largest absolute Gasteiger partial charge is 0.378 e. The summed E-state index contributed by atoms with van der Waals surface area (Å²) in [7, 11) is 0. The Balaban J connectivity index is 1.36. The van der Waals surface area contributed by atoms with E-state index in [0.717, 1.165) is 55.4 Å². The number of aromatic nitrogens is 1. The molecule has 4 heterocycles. The van der Waals surface area contributed by atoms with E-state index in [4.69, 9.17) is 9.72 Å². The number of benzene rings is 1. The van der Waals surface area contributed by atoms with Gasteiger partial charge in [0.2, 0.25) is 5.91 Å². The molecule has 0 spiro atoms. The van der Waals surface area contributed by atoms with Gasteiger partial charge in [0, 0.05) is 67.9 Å². The zero-order valence-electron chi connectivity index (χ0n) is 24.3. The van der Waals surface area contributed by atoms with Crippen molar-refractivity contribution in [2.75, 3.05) is 50.8 Å². The fourth-order valence-corrected chi connectivity index (χ4v) is 6.48. The van der Waals surface area contributed by atoms with E-state index in [1.54, 1.807) is 12.1 Å². The molecule has 2 aromatic rings. The average Bonchev–Trinajstić information content (AvgIpc) is 3.17. The third kappa shape index (κ3) is 5.89. The Kier molecular flexibility index (Phi) is 8.11. The van der Waals surface area contributed by atoms with Crippen molar-refractivity contribution in [3.8, 4) is 0 Å². The molecule has 1 aromatic heterocycles. The summed E-state index contributed by atoms with van der Waals surface area (Å²) in [4.78, 5) is 25.7. The Bertz CT molecular complexity index is 1180. The number of ether oxygens (including phenoxy) is 1.